The monoisotopic (exact) mass is 345 g/mol. The van der Waals surface area contributed by atoms with E-state index >= 15 is 0 Å². The van der Waals surface area contributed by atoms with Crippen LogP contribution in [0.3, 0.4) is 0 Å². The summed E-state index contributed by atoms with van der Waals surface area (Å²) in [5.74, 6) is 0.337. The van der Waals surface area contributed by atoms with Crippen molar-refractivity contribution >= 4 is 33.4 Å². The van der Waals surface area contributed by atoms with Crippen LogP contribution >= 0.6 is 27.5 Å². The van der Waals surface area contributed by atoms with Crippen LogP contribution in [0.15, 0.2) is 18.2 Å². The van der Waals surface area contributed by atoms with Gasteiger partial charge in [0.05, 0.1) is 5.02 Å². The summed E-state index contributed by atoms with van der Waals surface area (Å²) in [5.41, 5.74) is 0.477. The van der Waals surface area contributed by atoms with Crippen LogP contribution in [0.2, 0.25) is 5.02 Å². The number of carbonyl (C=O) groups excluding carboxylic acids is 1. The average molecular weight is 347 g/mol. The van der Waals surface area contributed by atoms with Gasteiger partial charge in [-0.1, -0.05) is 40.4 Å². The third kappa shape index (κ3) is 3.86. The van der Waals surface area contributed by atoms with E-state index in [2.05, 4.69) is 21.2 Å². The number of carbonyl (C=O) groups is 1. The topological polar surface area (TPSA) is 49.3 Å². The zero-order valence-corrected chi connectivity index (χ0v) is 12.9. The first-order valence-corrected chi connectivity index (χ1v) is 7.78. The summed E-state index contributed by atoms with van der Waals surface area (Å²) in [6.45, 7) is 0.674. The molecule has 1 aliphatic carbocycles. The van der Waals surface area contributed by atoms with Gasteiger partial charge in [-0.05, 0) is 37.0 Å². The molecule has 3 nitrogen and oxygen atoms in total. The summed E-state index contributed by atoms with van der Waals surface area (Å²) in [4.78, 5) is 12.5. The van der Waals surface area contributed by atoms with Gasteiger partial charge >= 0.3 is 0 Å². The Morgan fingerprint density at radius 1 is 1.42 bits per heavy atom. The molecule has 19 heavy (non-hydrogen) atoms. The fraction of sp³-hybridized carbons (Fsp3) is 0.500. The molecule has 104 valence electrons. The Balaban J connectivity index is 1.91. The third-order valence-electron chi connectivity index (χ3n) is 3.55. The van der Waals surface area contributed by atoms with Crippen LogP contribution in [0.25, 0.3) is 0 Å². The van der Waals surface area contributed by atoms with Crippen molar-refractivity contribution < 1.29 is 9.90 Å². The number of hydrogen-bond acceptors (Lipinski definition) is 2. The van der Waals surface area contributed by atoms with Gasteiger partial charge < -0.3 is 10.4 Å². The fourth-order valence-electron chi connectivity index (χ4n) is 2.37. The van der Waals surface area contributed by atoms with Crippen LogP contribution in [0.1, 0.15) is 36.0 Å². The van der Waals surface area contributed by atoms with Gasteiger partial charge in [-0.15, -0.1) is 0 Å². The molecule has 2 N–H and O–H groups in total. The van der Waals surface area contributed by atoms with Gasteiger partial charge in [0.1, 0.15) is 5.75 Å². The van der Waals surface area contributed by atoms with Crippen molar-refractivity contribution in [2.45, 2.75) is 30.5 Å². The Labute approximate surface area is 126 Å². The molecule has 0 aliphatic heterocycles. The fourth-order valence-corrected chi connectivity index (χ4v) is 3.32. The molecule has 1 aromatic rings. The first-order chi connectivity index (χ1) is 9.08. The number of benzene rings is 1. The predicted molar refractivity (Wildman–Crippen MR) is 80.1 cm³/mol. The number of aromatic hydroxyl groups is 1. The highest BCUT2D eigenvalue weighted by Gasteiger charge is 2.23. The Hall–Kier alpha value is -0.740. The standard InChI is InChI=1S/C14H17BrClNO2/c15-11-4-2-1-3-10(11)8-17-14(19)9-5-6-13(18)12(16)7-9/h5-7,10-11,18H,1-4,8H2,(H,17,19). The summed E-state index contributed by atoms with van der Waals surface area (Å²) in [6.07, 6.45) is 4.81. The first-order valence-electron chi connectivity index (χ1n) is 6.48. The summed E-state index contributed by atoms with van der Waals surface area (Å²) in [6, 6.07) is 4.49. The van der Waals surface area contributed by atoms with Gasteiger partial charge in [0.2, 0.25) is 0 Å². The van der Waals surface area contributed by atoms with Crippen LogP contribution in [0.4, 0.5) is 0 Å². The van der Waals surface area contributed by atoms with Crippen molar-refractivity contribution in [2.24, 2.45) is 5.92 Å². The van der Waals surface area contributed by atoms with Crippen molar-refractivity contribution in [1.29, 1.82) is 0 Å². The second-order valence-corrected chi connectivity index (χ2v) is 6.52. The lowest BCUT2D eigenvalue weighted by Crippen LogP contribution is -2.34. The molecule has 0 heterocycles. The minimum Gasteiger partial charge on any atom is -0.506 e. The number of rotatable bonds is 3. The van der Waals surface area contributed by atoms with Gasteiger partial charge in [-0.25, -0.2) is 0 Å². The van der Waals surface area contributed by atoms with E-state index in [4.69, 9.17) is 11.6 Å². The highest BCUT2D eigenvalue weighted by molar-refractivity contribution is 9.09. The van der Waals surface area contributed by atoms with Gasteiger partial charge in [-0.3, -0.25) is 4.79 Å². The van der Waals surface area contributed by atoms with Crippen LogP contribution < -0.4 is 5.32 Å². The lowest BCUT2D eigenvalue weighted by Gasteiger charge is -2.27. The van der Waals surface area contributed by atoms with Crippen LogP contribution in [-0.2, 0) is 0 Å². The Morgan fingerprint density at radius 2 is 2.16 bits per heavy atom. The number of nitrogens with one attached hydrogen (secondary N) is 1. The van der Waals surface area contributed by atoms with E-state index in [1.165, 1.54) is 31.4 Å². The number of halogens is 2. The minimum absolute atomic E-state index is 0.00832. The highest BCUT2D eigenvalue weighted by atomic mass is 79.9. The normalized spacial score (nSPS) is 23.1. The van der Waals surface area contributed by atoms with Crippen LogP contribution in [0.5, 0.6) is 5.75 Å². The van der Waals surface area contributed by atoms with E-state index in [1.807, 2.05) is 0 Å². The Kier molecular flexibility index (Phi) is 5.11. The molecule has 5 heteroatoms. The minimum atomic E-state index is -0.146. The average Bonchev–Trinajstić information content (AvgIpc) is 2.40. The molecule has 2 unspecified atom stereocenters. The van der Waals surface area contributed by atoms with Gasteiger partial charge in [-0.2, -0.15) is 0 Å². The molecule has 1 amide bonds. The van der Waals surface area contributed by atoms with Gasteiger partial charge in [0.15, 0.2) is 0 Å². The SMILES string of the molecule is O=C(NCC1CCCCC1Br)c1ccc(O)c(Cl)c1. The Bertz CT molecular complexity index is 467. The quantitative estimate of drug-likeness (QED) is 0.819. The molecule has 1 aliphatic rings. The van der Waals surface area contributed by atoms with Crippen LogP contribution in [0, 0.1) is 5.92 Å². The van der Waals surface area contributed by atoms with Crippen molar-refractivity contribution in [3.8, 4) is 5.75 Å². The zero-order chi connectivity index (χ0) is 13.8. The largest absolute Gasteiger partial charge is 0.506 e. The third-order valence-corrected chi connectivity index (χ3v) is 5.06. The molecule has 1 aromatic carbocycles. The van der Waals surface area contributed by atoms with E-state index in [-0.39, 0.29) is 16.7 Å². The number of phenols is 1. The molecular formula is C14H17BrClNO2. The molecule has 0 saturated heterocycles. The molecule has 0 aromatic heterocycles. The van der Waals surface area contributed by atoms with E-state index < -0.39 is 0 Å². The number of hydrogen-bond donors (Lipinski definition) is 2. The summed E-state index contributed by atoms with van der Waals surface area (Å²) in [5, 5.41) is 12.5. The van der Waals surface area contributed by atoms with Crippen molar-refractivity contribution in [3.63, 3.8) is 0 Å². The molecular weight excluding hydrogens is 330 g/mol. The number of phenolic OH excluding ortho intramolecular Hbond substituents is 1. The van der Waals surface area contributed by atoms with Crippen molar-refractivity contribution in [3.05, 3.63) is 28.8 Å². The van der Waals surface area contributed by atoms with Crippen molar-refractivity contribution in [1.82, 2.24) is 5.32 Å². The highest BCUT2D eigenvalue weighted by Crippen LogP contribution is 2.29. The molecule has 0 radical (unpaired) electrons. The number of amides is 1. The van der Waals surface area contributed by atoms with E-state index in [1.54, 1.807) is 6.07 Å². The molecule has 0 bridgehead atoms. The molecule has 1 saturated carbocycles. The Morgan fingerprint density at radius 3 is 2.84 bits per heavy atom. The molecule has 0 spiro atoms. The molecule has 2 atom stereocenters. The summed E-state index contributed by atoms with van der Waals surface area (Å²) < 4.78 is 0. The maximum atomic E-state index is 12.0. The maximum absolute atomic E-state index is 12.0. The number of alkyl halides is 1. The van der Waals surface area contributed by atoms with Gasteiger partial charge in [0.25, 0.3) is 5.91 Å². The van der Waals surface area contributed by atoms with Crippen molar-refractivity contribution in [2.75, 3.05) is 6.54 Å². The molecule has 2 rings (SSSR count). The lowest BCUT2D eigenvalue weighted by atomic mass is 9.89. The second-order valence-electron chi connectivity index (χ2n) is 4.94. The van der Waals surface area contributed by atoms with E-state index in [9.17, 15) is 9.90 Å². The van der Waals surface area contributed by atoms with E-state index in [0.717, 1.165) is 6.42 Å². The second kappa shape index (κ2) is 6.62. The predicted octanol–water partition coefficient (Wildman–Crippen LogP) is 3.73. The maximum Gasteiger partial charge on any atom is 0.251 e. The smallest absolute Gasteiger partial charge is 0.251 e. The summed E-state index contributed by atoms with van der Waals surface area (Å²) in [7, 11) is 0. The van der Waals surface area contributed by atoms with E-state index in [0.29, 0.717) is 22.9 Å². The lowest BCUT2D eigenvalue weighted by molar-refractivity contribution is 0.0944. The van der Waals surface area contributed by atoms with Crippen LogP contribution in [-0.4, -0.2) is 22.4 Å². The van der Waals surface area contributed by atoms with Gasteiger partial charge in [0, 0.05) is 16.9 Å². The summed E-state index contributed by atoms with van der Waals surface area (Å²) >= 11 is 9.47. The zero-order valence-electron chi connectivity index (χ0n) is 10.5. The first kappa shape index (κ1) is 14.7. The molecule has 1 fully saturated rings.